The summed E-state index contributed by atoms with van der Waals surface area (Å²) in [5, 5.41) is 1.24. The zero-order valence-electron chi connectivity index (χ0n) is 15.6. The van der Waals surface area contributed by atoms with Gasteiger partial charge in [0.2, 0.25) is 5.91 Å². The number of para-hydroxylation sites is 1. The average molecular weight is 362 g/mol. The van der Waals surface area contributed by atoms with Crippen LogP contribution in [0.25, 0.3) is 10.9 Å². The van der Waals surface area contributed by atoms with Crippen molar-refractivity contribution in [3.05, 3.63) is 71.2 Å². The number of rotatable bonds is 2. The molecule has 2 aliphatic rings. The molecule has 1 unspecified atom stereocenters. The van der Waals surface area contributed by atoms with Crippen molar-refractivity contribution in [2.45, 2.75) is 38.1 Å². The van der Waals surface area contributed by atoms with E-state index in [4.69, 9.17) is 0 Å². The number of nitrogens with one attached hydrogen (secondary N) is 1. The third-order valence-electron chi connectivity index (χ3n) is 6.12. The lowest BCUT2D eigenvalue weighted by Crippen LogP contribution is -2.46. The number of nitrogens with zero attached hydrogens (tertiary/aromatic N) is 1. The highest BCUT2D eigenvalue weighted by molar-refractivity contribution is 5.89. The molecule has 1 saturated carbocycles. The van der Waals surface area contributed by atoms with Crippen molar-refractivity contribution >= 4 is 16.8 Å². The minimum absolute atomic E-state index is 0.0450. The van der Waals surface area contributed by atoms with Crippen LogP contribution in [-0.4, -0.2) is 22.3 Å². The van der Waals surface area contributed by atoms with E-state index in [1.54, 1.807) is 12.1 Å². The molecule has 0 bridgehead atoms. The first kappa shape index (κ1) is 16.5. The van der Waals surface area contributed by atoms with Crippen LogP contribution in [0.15, 0.2) is 48.5 Å². The number of aromatic nitrogens is 1. The minimum atomic E-state index is -0.274. The molecule has 5 rings (SSSR count). The predicted molar refractivity (Wildman–Crippen MR) is 104 cm³/mol. The summed E-state index contributed by atoms with van der Waals surface area (Å²) in [5.41, 5.74) is 4.35. The number of amides is 1. The summed E-state index contributed by atoms with van der Waals surface area (Å²) in [6.07, 6.45) is 2.19. The number of halogens is 1. The molecule has 1 aromatic heterocycles. The molecule has 27 heavy (non-hydrogen) atoms. The number of aromatic amines is 1. The van der Waals surface area contributed by atoms with Crippen LogP contribution in [0.5, 0.6) is 0 Å². The Hall–Kier alpha value is -2.62. The van der Waals surface area contributed by atoms with E-state index in [1.165, 1.54) is 17.0 Å². The van der Waals surface area contributed by atoms with Gasteiger partial charge < -0.3 is 9.88 Å². The molecule has 1 amide bonds. The van der Waals surface area contributed by atoms with Gasteiger partial charge in [-0.1, -0.05) is 44.2 Å². The maximum atomic E-state index is 14.0. The normalized spacial score (nSPS) is 20.3. The summed E-state index contributed by atoms with van der Waals surface area (Å²) in [6, 6.07) is 14.7. The van der Waals surface area contributed by atoms with E-state index in [0.717, 1.165) is 29.6 Å². The molecule has 2 aromatic carbocycles. The zero-order chi connectivity index (χ0) is 18.8. The van der Waals surface area contributed by atoms with Gasteiger partial charge in [-0.25, -0.2) is 4.39 Å². The zero-order valence-corrected chi connectivity index (χ0v) is 15.6. The molecule has 3 aromatic rings. The quantitative estimate of drug-likeness (QED) is 0.690. The van der Waals surface area contributed by atoms with Gasteiger partial charge in [0.25, 0.3) is 0 Å². The molecule has 1 aliphatic heterocycles. The van der Waals surface area contributed by atoms with Crippen molar-refractivity contribution in [2.75, 3.05) is 6.54 Å². The lowest BCUT2D eigenvalue weighted by atomic mass is 9.82. The largest absolute Gasteiger partial charge is 0.356 e. The monoisotopic (exact) mass is 362 g/mol. The van der Waals surface area contributed by atoms with Crippen LogP contribution in [0.3, 0.4) is 0 Å². The first-order chi connectivity index (χ1) is 13.0. The highest BCUT2D eigenvalue weighted by atomic mass is 19.1. The molecule has 4 heteroatoms. The summed E-state index contributed by atoms with van der Waals surface area (Å²) in [6.45, 7) is 4.58. The summed E-state index contributed by atoms with van der Waals surface area (Å²) in [5.74, 6) is -0.239. The molecule has 1 fully saturated rings. The fourth-order valence-electron chi connectivity index (χ4n) is 4.71. The molecular weight excluding hydrogens is 339 g/mol. The number of carbonyl (C=O) groups is 1. The third kappa shape index (κ3) is 2.43. The van der Waals surface area contributed by atoms with Crippen molar-refractivity contribution < 1.29 is 9.18 Å². The predicted octanol–water partition coefficient (Wildman–Crippen LogP) is 4.93. The lowest BCUT2D eigenvalue weighted by molar-refractivity contribution is -0.137. The Balaban J connectivity index is 1.77. The fraction of sp³-hybridized carbons (Fsp3) is 0.348. The lowest BCUT2D eigenvalue weighted by Gasteiger charge is -2.41. The standard InChI is InChI=1S/C23H23FN2O/c1-14(2)22(27)26-13-23(10-11-23)19-17-8-3-4-9-18(17)25-20(19)21(26)15-6-5-7-16(24)12-15/h3-9,12,14,21,25H,10-11,13H2,1-2H3. The van der Waals surface area contributed by atoms with E-state index < -0.39 is 0 Å². The van der Waals surface area contributed by atoms with Gasteiger partial charge in [-0.2, -0.15) is 0 Å². The van der Waals surface area contributed by atoms with Gasteiger partial charge in [-0.05, 0) is 42.2 Å². The van der Waals surface area contributed by atoms with Crippen molar-refractivity contribution in [2.24, 2.45) is 5.92 Å². The summed E-state index contributed by atoms with van der Waals surface area (Å²) in [7, 11) is 0. The molecule has 1 N–H and O–H groups in total. The number of carbonyl (C=O) groups excluding carboxylic acids is 1. The molecule has 0 saturated heterocycles. The number of hydrogen-bond donors (Lipinski definition) is 1. The number of fused-ring (bicyclic) bond motifs is 4. The van der Waals surface area contributed by atoms with Gasteiger partial charge in [0.05, 0.1) is 6.04 Å². The van der Waals surface area contributed by atoms with Crippen LogP contribution in [0.2, 0.25) is 0 Å². The van der Waals surface area contributed by atoms with Crippen molar-refractivity contribution in [1.82, 2.24) is 9.88 Å². The number of hydrogen-bond acceptors (Lipinski definition) is 1. The second-order valence-corrected chi connectivity index (χ2v) is 8.32. The van der Waals surface area contributed by atoms with E-state index in [9.17, 15) is 9.18 Å². The Morgan fingerprint density at radius 3 is 2.67 bits per heavy atom. The van der Waals surface area contributed by atoms with E-state index in [1.807, 2.05) is 30.9 Å². The molecule has 2 heterocycles. The highest BCUT2D eigenvalue weighted by Crippen LogP contribution is 2.58. The van der Waals surface area contributed by atoms with Crippen LogP contribution in [0.1, 0.15) is 49.6 Å². The number of H-pyrrole nitrogens is 1. The van der Waals surface area contributed by atoms with Gasteiger partial charge in [0, 0.05) is 34.5 Å². The van der Waals surface area contributed by atoms with Crippen molar-refractivity contribution in [3.63, 3.8) is 0 Å². The first-order valence-electron chi connectivity index (χ1n) is 9.67. The Morgan fingerprint density at radius 2 is 1.96 bits per heavy atom. The van der Waals surface area contributed by atoms with Crippen molar-refractivity contribution in [3.8, 4) is 0 Å². The second-order valence-electron chi connectivity index (χ2n) is 8.32. The van der Waals surface area contributed by atoms with E-state index in [2.05, 4.69) is 23.2 Å². The Bertz CT molecular complexity index is 1050. The van der Waals surface area contributed by atoms with Crippen LogP contribution >= 0.6 is 0 Å². The number of benzene rings is 2. The Labute approximate surface area is 158 Å². The Morgan fingerprint density at radius 1 is 1.19 bits per heavy atom. The smallest absolute Gasteiger partial charge is 0.225 e. The van der Waals surface area contributed by atoms with Crippen molar-refractivity contribution in [1.29, 1.82) is 0 Å². The SMILES string of the molecule is CC(C)C(=O)N1CC2(CC2)c2c([nH]c3ccccc23)C1c1cccc(F)c1. The van der Waals surface area contributed by atoms with E-state index >= 15 is 0 Å². The second kappa shape index (κ2) is 5.69. The summed E-state index contributed by atoms with van der Waals surface area (Å²) >= 11 is 0. The van der Waals surface area contributed by atoms with Gasteiger partial charge in [0.15, 0.2) is 0 Å². The molecule has 138 valence electrons. The first-order valence-corrected chi connectivity index (χ1v) is 9.67. The van der Waals surface area contributed by atoms with Crippen LogP contribution < -0.4 is 0 Å². The fourth-order valence-corrected chi connectivity index (χ4v) is 4.71. The van der Waals surface area contributed by atoms with Gasteiger partial charge in [-0.15, -0.1) is 0 Å². The van der Waals surface area contributed by atoms with Crippen LogP contribution in [0.4, 0.5) is 4.39 Å². The maximum absolute atomic E-state index is 14.0. The summed E-state index contributed by atoms with van der Waals surface area (Å²) < 4.78 is 14.0. The molecule has 0 radical (unpaired) electrons. The van der Waals surface area contributed by atoms with Gasteiger partial charge >= 0.3 is 0 Å². The third-order valence-corrected chi connectivity index (χ3v) is 6.12. The van der Waals surface area contributed by atoms with Gasteiger partial charge in [0.1, 0.15) is 5.82 Å². The molecule has 1 aliphatic carbocycles. The van der Waals surface area contributed by atoms with Crippen LogP contribution in [-0.2, 0) is 10.2 Å². The molecule has 1 atom stereocenters. The van der Waals surface area contributed by atoms with E-state index in [-0.39, 0.29) is 29.1 Å². The minimum Gasteiger partial charge on any atom is -0.356 e. The van der Waals surface area contributed by atoms with Gasteiger partial charge in [-0.3, -0.25) is 4.79 Å². The van der Waals surface area contributed by atoms with Crippen LogP contribution in [0, 0.1) is 11.7 Å². The average Bonchev–Trinajstić information content (AvgIpc) is 3.30. The Kier molecular flexibility index (Phi) is 3.48. The maximum Gasteiger partial charge on any atom is 0.225 e. The topological polar surface area (TPSA) is 36.1 Å². The molecule has 3 nitrogen and oxygen atoms in total. The highest BCUT2D eigenvalue weighted by Gasteiger charge is 2.54. The molecular formula is C23H23FN2O. The van der Waals surface area contributed by atoms with E-state index in [0.29, 0.717) is 6.54 Å². The summed E-state index contributed by atoms with van der Waals surface area (Å²) in [4.78, 5) is 18.7. The molecule has 1 spiro atoms.